The maximum Gasteiger partial charge on any atom is 0.248 e. The first-order valence-corrected chi connectivity index (χ1v) is 10.3. The number of rotatable bonds is 6. The van der Waals surface area contributed by atoms with Gasteiger partial charge in [0.1, 0.15) is 22.5 Å². The Kier molecular flexibility index (Phi) is 5.62. The Morgan fingerprint density at radius 2 is 2.00 bits per heavy atom. The zero-order valence-electron chi connectivity index (χ0n) is 13.9. The summed E-state index contributed by atoms with van der Waals surface area (Å²) in [5.41, 5.74) is 0.979. The minimum atomic E-state index is -3.66. The van der Waals surface area contributed by atoms with Crippen molar-refractivity contribution in [2.75, 3.05) is 39.4 Å². The first-order valence-electron chi connectivity index (χ1n) is 8.11. The van der Waals surface area contributed by atoms with E-state index >= 15 is 0 Å². The summed E-state index contributed by atoms with van der Waals surface area (Å²) in [6.45, 7) is 3.81. The van der Waals surface area contributed by atoms with Crippen molar-refractivity contribution in [1.29, 1.82) is 0 Å². The molecule has 2 aromatic rings. The molecule has 8 nitrogen and oxygen atoms in total. The summed E-state index contributed by atoms with van der Waals surface area (Å²) in [7, 11) is -3.66. The molecule has 1 aliphatic heterocycles. The van der Waals surface area contributed by atoms with E-state index in [2.05, 4.69) is 8.75 Å². The number of sulfonamides is 1. The molecule has 2 heterocycles. The van der Waals surface area contributed by atoms with Gasteiger partial charge in [-0.15, -0.1) is 0 Å². The number of ether oxygens (including phenoxy) is 1. The molecule has 1 aliphatic rings. The van der Waals surface area contributed by atoms with Crippen LogP contribution in [0.4, 0.5) is 0 Å². The molecular formula is C15H20N4O4S2. The Bertz CT molecular complexity index is 844. The number of hydrogen-bond acceptors (Lipinski definition) is 7. The van der Waals surface area contributed by atoms with Crippen LogP contribution >= 0.6 is 11.7 Å². The number of fused-ring (bicyclic) bond motifs is 1. The Hall–Kier alpha value is -1.62. The van der Waals surface area contributed by atoms with Gasteiger partial charge in [0, 0.05) is 32.8 Å². The Morgan fingerprint density at radius 3 is 2.72 bits per heavy atom. The van der Waals surface area contributed by atoms with Gasteiger partial charge in [0.2, 0.25) is 15.9 Å². The number of aromatic nitrogens is 2. The standard InChI is InChI=1S/C15H20N4O4S2/c1-2-10-23-11-14(20)18-6-8-19(9-7-18)25(21,22)13-5-3-4-12-15(13)17-24-16-12/h3-5H,2,6-11H2,1H3. The number of amides is 1. The van der Waals surface area contributed by atoms with Crippen molar-refractivity contribution >= 4 is 38.7 Å². The molecule has 1 saturated heterocycles. The van der Waals surface area contributed by atoms with Gasteiger partial charge in [-0.25, -0.2) is 8.42 Å². The topological polar surface area (TPSA) is 92.7 Å². The van der Waals surface area contributed by atoms with Crippen LogP contribution in [0.1, 0.15) is 13.3 Å². The van der Waals surface area contributed by atoms with Crippen molar-refractivity contribution in [1.82, 2.24) is 18.0 Å². The first-order chi connectivity index (χ1) is 12.0. The van der Waals surface area contributed by atoms with Crippen molar-refractivity contribution in [3.05, 3.63) is 18.2 Å². The van der Waals surface area contributed by atoms with E-state index in [1.807, 2.05) is 6.92 Å². The fourth-order valence-corrected chi connectivity index (χ4v) is 4.88. The lowest BCUT2D eigenvalue weighted by molar-refractivity contribution is -0.137. The third-order valence-electron chi connectivity index (χ3n) is 4.03. The SMILES string of the molecule is CCCOCC(=O)N1CCN(S(=O)(=O)c2cccc3nsnc23)CC1. The molecule has 3 rings (SSSR count). The lowest BCUT2D eigenvalue weighted by atomic mass is 10.3. The predicted molar refractivity (Wildman–Crippen MR) is 93.9 cm³/mol. The molecule has 0 unspecified atom stereocenters. The van der Waals surface area contributed by atoms with Crippen molar-refractivity contribution in [2.45, 2.75) is 18.2 Å². The van der Waals surface area contributed by atoms with Gasteiger partial charge in [0.15, 0.2) is 0 Å². The fraction of sp³-hybridized carbons (Fsp3) is 0.533. The Balaban J connectivity index is 1.68. The third-order valence-corrected chi connectivity index (χ3v) is 6.50. The number of piperazine rings is 1. The predicted octanol–water partition coefficient (Wildman–Crippen LogP) is 0.951. The number of carbonyl (C=O) groups excluding carboxylic acids is 1. The summed E-state index contributed by atoms with van der Waals surface area (Å²) in [5, 5.41) is 0. The van der Waals surface area contributed by atoms with Gasteiger partial charge in [-0.1, -0.05) is 13.0 Å². The van der Waals surface area contributed by atoms with Gasteiger partial charge in [-0.2, -0.15) is 13.1 Å². The highest BCUT2D eigenvalue weighted by molar-refractivity contribution is 7.89. The summed E-state index contributed by atoms with van der Waals surface area (Å²) in [4.78, 5) is 13.9. The van der Waals surface area contributed by atoms with Crippen LogP contribution < -0.4 is 0 Å². The lowest BCUT2D eigenvalue weighted by Gasteiger charge is -2.34. The van der Waals surface area contributed by atoms with Gasteiger partial charge >= 0.3 is 0 Å². The second-order valence-corrected chi connectivity index (χ2v) is 8.16. The van der Waals surface area contributed by atoms with Crippen LogP contribution in [0.5, 0.6) is 0 Å². The average molecular weight is 384 g/mol. The molecule has 1 aromatic heterocycles. The molecule has 0 aliphatic carbocycles. The van der Waals surface area contributed by atoms with Crippen molar-refractivity contribution in [3.63, 3.8) is 0 Å². The molecule has 0 radical (unpaired) electrons. The molecule has 1 aromatic carbocycles. The molecule has 1 amide bonds. The van der Waals surface area contributed by atoms with Crippen LogP contribution in [0.25, 0.3) is 11.0 Å². The second kappa shape index (κ2) is 7.73. The second-order valence-electron chi connectivity index (χ2n) is 5.73. The summed E-state index contributed by atoms with van der Waals surface area (Å²) in [5.74, 6) is -0.101. The van der Waals surface area contributed by atoms with Gasteiger partial charge in [0.25, 0.3) is 0 Å². The minimum Gasteiger partial charge on any atom is -0.372 e. The third kappa shape index (κ3) is 3.81. The van der Waals surface area contributed by atoms with Gasteiger partial charge in [-0.05, 0) is 18.6 Å². The maximum absolute atomic E-state index is 12.9. The maximum atomic E-state index is 12.9. The number of benzene rings is 1. The van der Waals surface area contributed by atoms with Crippen LogP contribution in [-0.4, -0.2) is 71.7 Å². The fourth-order valence-electron chi connectivity index (χ4n) is 2.70. The molecule has 0 saturated carbocycles. The molecule has 0 spiro atoms. The van der Waals surface area contributed by atoms with E-state index in [4.69, 9.17) is 4.74 Å². The quantitative estimate of drug-likeness (QED) is 0.689. The molecule has 0 atom stereocenters. The summed E-state index contributed by atoms with van der Waals surface area (Å²) in [6.07, 6.45) is 0.857. The van der Waals surface area contributed by atoms with Crippen LogP contribution in [0.15, 0.2) is 23.1 Å². The molecule has 10 heteroatoms. The van der Waals surface area contributed by atoms with Gasteiger partial charge in [0.05, 0.1) is 11.7 Å². The van der Waals surface area contributed by atoms with Crippen LogP contribution in [0, 0.1) is 0 Å². The molecule has 1 fully saturated rings. The highest BCUT2D eigenvalue weighted by atomic mass is 32.2. The van der Waals surface area contributed by atoms with E-state index in [-0.39, 0.29) is 30.5 Å². The largest absolute Gasteiger partial charge is 0.372 e. The van der Waals surface area contributed by atoms with E-state index in [9.17, 15) is 13.2 Å². The van der Waals surface area contributed by atoms with E-state index in [1.54, 1.807) is 23.1 Å². The van der Waals surface area contributed by atoms with Gasteiger partial charge in [-0.3, -0.25) is 4.79 Å². The average Bonchev–Trinajstić information content (AvgIpc) is 3.10. The van der Waals surface area contributed by atoms with Crippen molar-refractivity contribution in [3.8, 4) is 0 Å². The summed E-state index contributed by atoms with van der Waals surface area (Å²) < 4.78 is 40.7. The molecular weight excluding hydrogens is 364 g/mol. The van der Waals surface area contributed by atoms with E-state index in [1.165, 1.54) is 4.31 Å². The first kappa shape index (κ1) is 18.2. The van der Waals surface area contributed by atoms with Crippen LogP contribution in [0.3, 0.4) is 0 Å². The normalized spacial score (nSPS) is 16.4. The molecule has 25 heavy (non-hydrogen) atoms. The number of carbonyl (C=O) groups is 1. The summed E-state index contributed by atoms with van der Waals surface area (Å²) >= 11 is 0.994. The molecule has 136 valence electrons. The lowest BCUT2D eigenvalue weighted by Crippen LogP contribution is -2.51. The highest BCUT2D eigenvalue weighted by Crippen LogP contribution is 2.25. The summed E-state index contributed by atoms with van der Waals surface area (Å²) in [6, 6.07) is 4.96. The van der Waals surface area contributed by atoms with Crippen LogP contribution in [-0.2, 0) is 19.6 Å². The van der Waals surface area contributed by atoms with E-state index in [0.29, 0.717) is 30.7 Å². The molecule has 0 N–H and O–H groups in total. The van der Waals surface area contributed by atoms with E-state index in [0.717, 1.165) is 18.1 Å². The van der Waals surface area contributed by atoms with Gasteiger partial charge < -0.3 is 9.64 Å². The highest BCUT2D eigenvalue weighted by Gasteiger charge is 2.31. The monoisotopic (exact) mass is 384 g/mol. The number of nitrogens with zero attached hydrogens (tertiary/aromatic N) is 4. The Labute approximate surface area is 150 Å². The van der Waals surface area contributed by atoms with Crippen LogP contribution in [0.2, 0.25) is 0 Å². The van der Waals surface area contributed by atoms with E-state index < -0.39 is 10.0 Å². The van der Waals surface area contributed by atoms with Crippen molar-refractivity contribution in [2.24, 2.45) is 0 Å². The zero-order chi connectivity index (χ0) is 17.9. The Morgan fingerprint density at radius 1 is 1.24 bits per heavy atom. The minimum absolute atomic E-state index is 0.0460. The number of hydrogen-bond donors (Lipinski definition) is 0. The smallest absolute Gasteiger partial charge is 0.248 e. The zero-order valence-corrected chi connectivity index (χ0v) is 15.6. The van der Waals surface area contributed by atoms with Crippen molar-refractivity contribution < 1.29 is 17.9 Å². The molecule has 0 bridgehead atoms.